The largest absolute Gasteiger partial charge is 0.352 e. The van der Waals surface area contributed by atoms with Gasteiger partial charge < -0.3 is 10.2 Å². The fraction of sp³-hybridized carbons (Fsp3) is 0.381. The Morgan fingerprint density at radius 3 is 2.92 bits per heavy atom. The number of carbonyl (C=O) groups is 2. The summed E-state index contributed by atoms with van der Waals surface area (Å²) in [5, 5.41) is 3.00. The summed E-state index contributed by atoms with van der Waals surface area (Å²) >= 11 is 0. The van der Waals surface area contributed by atoms with Crippen molar-refractivity contribution in [3.63, 3.8) is 0 Å². The average Bonchev–Trinajstić information content (AvgIpc) is 3.27. The number of aromatic nitrogens is 1. The fourth-order valence-electron chi connectivity index (χ4n) is 3.86. The Kier molecular flexibility index (Phi) is 4.69. The molecule has 26 heavy (non-hydrogen) atoms. The Morgan fingerprint density at radius 2 is 2.08 bits per heavy atom. The first-order valence-electron chi connectivity index (χ1n) is 9.25. The van der Waals surface area contributed by atoms with Gasteiger partial charge in [-0.15, -0.1) is 0 Å². The van der Waals surface area contributed by atoms with Gasteiger partial charge in [-0.3, -0.25) is 14.6 Å². The molecule has 1 aromatic carbocycles. The number of pyridine rings is 1. The monoisotopic (exact) mass is 349 g/mol. The van der Waals surface area contributed by atoms with Gasteiger partial charge in [0.05, 0.1) is 18.2 Å². The molecule has 0 bridgehead atoms. The van der Waals surface area contributed by atoms with Gasteiger partial charge >= 0.3 is 0 Å². The lowest BCUT2D eigenvalue weighted by molar-refractivity contribution is -0.129. The van der Waals surface area contributed by atoms with Crippen LogP contribution in [-0.4, -0.2) is 28.2 Å². The van der Waals surface area contributed by atoms with Crippen molar-refractivity contribution in [2.75, 3.05) is 6.54 Å². The molecule has 1 atom stereocenters. The van der Waals surface area contributed by atoms with Crippen molar-refractivity contribution in [1.82, 2.24) is 15.2 Å². The zero-order valence-electron chi connectivity index (χ0n) is 14.8. The number of nitrogens with one attached hydrogen (secondary N) is 1. The molecule has 0 unspecified atom stereocenters. The second kappa shape index (κ2) is 7.28. The molecule has 1 N–H and O–H groups in total. The van der Waals surface area contributed by atoms with Gasteiger partial charge in [0.1, 0.15) is 0 Å². The molecule has 134 valence electrons. The number of amides is 2. The van der Waals surface area contributed by atoms with Crippen LogP contribution in [0.25, 0.3) is 0 Å². The molecule has 1 aliphatic heterocycles. The molecule has 4 rings (SSSR count). The number of likely N-dealkylation sites (tertiary alicyclic amines) is 1. The van der Waals surface area contributed by atoms with Gasteiger partial charge in [-0.25, -0.2) is 0 Å². The Hall–Kier alpha value is -2.69. The third-order valence-corrected chi connectivity index (χ3v) is 5.29. The van der Waals surface area contributed by atoms with Crippen LogP contribution in [0.1, 0.15) is 35.2 Å². The second-order valence-electron chi connectivity index (χ2n) is 7.17. The molecule has 2 heterocycles. The van der Waals surface area contributed by atoms with E-state index in [0.717, 1.165) is 24.1 Å². The maximum Gasteiger partial charge on any atom is 0.225 e. The number of carbonyl (C=O) groups excluding carboxylic acids is 2. The van der Waals surface area contributed by atoms with Gasteiger partial charge in [0, 0.05) is 25.7 Å². The zero-order valence-corrected chi connectivity index (χ0v) is 14.8. The summed E-state index contributed by atoms with van der Waals surface area (Å²) in [5.74, 6) is -0.295. The molecule has 0 radical (unpaired) electrons. The Bertz CT molecular complexity index is 819. The van der Waals surface area contributed by atoms with Crippen LogP contribution >= 0.6 is 0 Å². The molecule has 1 aromatic heterocycles. The van der Waals surface area contributed by atoms with E-state index < -0.39 is 0 Å². The minimum absolute atomic E-state index is 0.0216. The van der Waals surface area contributed by atoms with E-state index in [2.05, 4.69) is 28.5 Å². The van der Waals surface area contributed by atoms with Crippen molar-refractivity contribution in [3.05, 3.63) is 65.0 Å². The Morgan fingerprint density at radius 1 is 1.19 bits per heavy atom. The standard InChI is InChI=1S/C21H23N3O2/c25-20-11-18(13-24(20)14-19-6-1-2-9-22-19)21(26)23-12-15-7-8-16-4-3-5-17(16)10-15/h1-2,6-10,18H,3-5,11-14H2,(H,23,26)/t18-/m0/s1. The third-order valence-electron chi connectivity index (χ3n) is 5.29. The van der Waals surface area contributed by atoms with Gasteiger partial charge in [0.25, 0.3) is 0 Å². The molecule has 0 spiro atoms. The highest BCUT2D eigenvalue weighted by Gasteiger charge is 2.34. The number of rotatable bonds is 5. The highest BCUT2D eigenvalue weighted by molar-refractivity contribution is 5.89. The summed E-state index contributed by atoms with van der Waals surface area (Å²) in [6, 6.07) is 12.1. The predicted molar refractivity (Wildman–Crippen MR) is 98.1 cm³/mol. The lowest BCUT2D eigenvalue weighted by Gasteiger charge is -2.16. The maximum atomic E-state index is 12.5. The highest BCUT2D eigenvalue weighted by Crippen LogP contribution is 2.23. The van der Waals surface area contributed by atoms with E-state index >= 15 is 0 Å². The summed E-state index contributed by atoms with van der Waals surface area (Å²) < 4.78 is 0. The van der Waals surface area contributed by atoms with Crippen molar-refractivity contribution >= 4 is 11.8 Å². The number of aryl methyl sites for hydroxylation is 2. The fourth-order valence-corrected chi connectivity index (χ4v) is 3.86. The smallest absolute Gasteiger partial charge is 0.225 e. The highest BCUT2D eigenvalue weighted by atomic mass is 16.2. The van der Waals surface area contributed by atoms with Crippen molar-refractivity contribution in [3.8, 4) is 0 Å². The van der Waals surface area contributed by atoms with Gasteiger partial charge in [0.2, 0.25) is 11.8 Å². The normalized spacial score (nSPS) is 18.8. The number of fused-ring (bicyclic) bond motifs is 1. The zero-order chi connectivity index (χ0) is 17.9. The van der Waals surface area contributed by atoms with Crippen molar-refractivity contribution in [2.24, 2.45) is 5.92 Å². The van der Waals surface area contributed by atoms with E-state index in [-0.39, 0.29) is 24.2 Å². The minimum atomic E-state index is -0.277. The van der Waals surface area contributed by atoms with Crippen LogP contribution < -0.4 is 5.32 Å². The Balaban J connectivity index is 1.32. The molecular formula is C21H23N3O2. The molecule has 1 fully saturated rings. The first kappa shape index (κ1) is 16.8. The van der Waals surface area contributed by atoms with E-state index in [4.69, 9.17) is 0 Å². The van der Waals surface area contributed by atoms with Crippen molar-refractivity contribution in [1.29, 1.82) is 0 Å². The van der Waals surface area contributed by atoms with Crippen LogP contribution in [0.2, 0.25) is 0 Å². The lowest BCUT2D eigenvalue weighted by Crippen LogP contribution is -2.32. The van der Waals surface area contributed by atoms with Gasteiger partial charge in [-0.2, -0.15) is 0 Å². The van der Waals surface area contributed by atoms with E-state index in [9.17, 15) is 9.59 Å². The number of benzene rings is 1. The summed E-state index contributed by atoms with van der Waals surface area (Å²) in [6.07, 6.45) is 5.52. The molecule has 2 aliphatic rings. The molecule has 2 amide bonds. The summed E-state index contributed by atoms with van der Waals surface area (Å²) in [5.41, 5.74) is 4.83. The molecule has 0 saturated carbocycles. The van der Waals surface area contributed by atoms with Crippen LogP contribution in [-0.2, 0) is 35.5 Å². The SMILES string of the molecule is O=C(NCc1ccc2c(c1)CCC2)[C@H]1CC(=O)N(Cc2ccccn2)C1. The van der Waals surface area contributed by atoms with Crippen molar-refractivity contribution < 1.29 is 9.59 Å². The molecule has 5 nitrogen and oxygen atoms in total. The number of hydrogen-bond donors (Lipinski definition) is 1. The first-order chi connectivity index (χ1) is 12.7. The van der Waals surface area contributed by atoms with Crippen molar-refractivity contribution in [2.45, 2.75) is 38.8 Å². The first-order valence-corrected chi connectivity index (χ1v) is 9.25. The average molecular weight is 349 g/mol. The van der Waals surface area contributed by atoms with Crippen LogP contribution in [0.3, 0.4) is 0 Å². The van der Waals surface area contributed by atoms with Gasteiger partial charge in [-0.05, 0) is 48.1 Å². The molecular weight excluding hydrogens is 326 g/mol. The van der Waals surface area contributed by atoms with Crippen LogP contribution in [0, 0.1) is 5.92 Å². The summed E-state index contributed by atoms with van der Waals surface area (Å²) in [4.78, 5) is 30.7. The van der Waals surface area contributed by atoms with E-state index in [1.165, 1.54) is 17.5 Å². The number of nitrogens with zero attached hydrogens (tertiary/aromatic N) is 2. The molecule has 5 heteroatoms. The predicted octanol–water partition coefficient (Wildman–Crippen LogP) is 2.24. The minimum Gasteiger partial charge on any atom is -0.352 e. The van der Waals surface area contributed by atoms with Gasteiger partial charge in [0.15, 0.2) is 0 Å². The lowest BCUT2D eigenvalue weighted by atomic mass is 10.1. The Labute approximate surface area is 153 Å². The molecule has 1 saturated heterocycles. The molecule has 2 aromatic rings. The van der Waals surface area contributed by atoms with Gasteiger partial charge in [-0.1, -0.05) is 24.3 Å². The number of hydrogen-bond acceptors (Lipinski definition) is 3. The van der Waals surface area contributed by atoms with E-state index in [1.807, 2.05) is 18.2 Å². The quantitative estimate of drug-likeness (QED) is 0.900. The van der Waals surface area contributed by atoms with E-state index in [0.29, 0.717) is 19.6 Å². The molecule has 1 aliphatic carbocycles. The van der Waals surface area contributed by atoms with Crippen LogP contribution in [0.15, 0.2) is 42.6 Å². The topological polar surface area (TPSA) is 62.3 Å². The van der Waals surface area contributed by atoms with E-state index in [1.54, 1.807) is 11.1 Å². The maximum absolute atomic E-state index is 12.5. The van der Waals surface area contributed by atoms with Crippen LogP contribution in [0.4, 0.5) is 0 Å². The van der Waals surface area contributed by atoms with Crippen LogP contribution in [0.5, 0.6) is 0 Å². The second-order valence-corrected chi connectivity index (χ2v) is 7.17. The summed E-state index contributed by atoms with van der Waals surface area (Å²) in [7, 11) is 0. The third kappa shape index (κ3) is 3.62. The summed E-state index contributed by atoms with van der Waals surface area (Å²) in [6.45, 7) is 1.46.